The molecule has 0 amide bonds. The Kier molecular flexibility index (Phi) is 16.6. The first-order valence-corrected chi connectivity index (χ1v) is 9.43. The van der Waals surface area contributed by atoms with E-state index in [0.717, 1.165) is 24.9 Å². The van der Waals surface area contributed by atoms with Crippen molar-refractivity contribution in [1.82, 2.24) is 0 Å². The average Bonchev–Trinajstić information content (AvgIpc) is 2.62. The van der Waals surface area contributed by atoms with Gasteiger partial charge < -0.3 is 10.5 Å². The zero-order valence-electron chi connectivity index (χ0n) is 15.3. The van der Waals surface area contributed by atoms with Crippen molar-refractivity contribution in [3.05, 3.63) is 42.0 Å². The topological polar surface area (TPSA) is 52.3 Å². The SMILES string of the molecule is Cl.NCCCCCCCCCCCCOC(=O)C=Cc1ccccc1. The summed E-state index contributed by atoms with van der Waals surface area (Å²) in [5, 5.41) is 0. The van der Waals surface area contributed by atoms with Gasteiger partial charge in [-0.2, -0.15) is 0 Å². The van der Waals surface area contributed by atoms with E-state index in [0.29, 0.717) is 6.61 Å². The quantitative estimate of drug-likeness (QED) is 0.267. The number of carbonyl (C=O) groups is 1. The van der Waals surface area contributed by atoms with Crippen LogP contribution in [0.1, 0.15) is 69.8 Å². The van der Waals surface area contributed by atoms with Crippen LogP contribution in [0.5, 0.6) is 0 Å². The van der Waals surface area contributed by atoms with Gasteiger partial charge in [-0.3, -0.25) is 0 Å². The zero-order valence-corrected chi connectivity index (χ0v) is 16.1. The lowest BCUT2D eigenvalue weighted by atomic mass is 10.1. The second kappa shape index (κ2) is 17.5. The Morgan fingerprint density at radius 1 is 0.840 bits per heavy atom. The van der Waals surface area contributed by atoms with Crippen LogP contribution in [0.2, 0.25) is 0 Å². The van der Waals surface area contributed by atoms with Crippen molar-refractivity contribution in [2.45, 2.75) is 64.2 Å². The Hall–Kier alpha value is -1.32. The molecule has 0 saturated carbocycles. The van der Waals surface area contributed by atoms with E-state index in [1.54, 1.807) is 6.08 Å². The van der Waals surface area contributed by atoms with Crippen molar-refractivity contribution in [3.8, 4) is 0 Å². The summed E-state index contributed by atoms with van der Waals surface area (Å²) in [6.07, 6.45) is 15.7. The Labute approximate surface area is 159 Å². The van der Waals surface area contributed by atoms with E-state index in [1.807, 2.05) is 30.3 Å². The van der Waals surface area contributed by atoms with Crippen molar-refractivity contribution < 1.29 is 9.53 Å². The minimum absolute atomic E-state index is 0. The smallest absolute Gasteiger partial charge is 0.330 e. The molecule has 1 rings (SSSR count). The fourth-order valence-corrected chi connectivity index (χ4v) is 2.61. The number of rotatable bonds is 14. The molecule has 0 heterocycles. The van der Waals surface area contributed by atoms with E-state index in [9.17, 15) is 4.79 Å². The number of ether oxygens (including phenoxy) is 1. The molecule has 0 aromatic heterocycles. The van der Waals surface area contributed by atoms with Gasteiger partial charge in [0.1, 0.15) is 0 Å². The minimum Gasteiger partial charge on any atom is -0.463 e. The first-order valence-electron chi connectivity index (χ1n) is 9.43. The van der Waals surface area contributed by atoms with Crippen LogP contribution in [0, 0.1) is 0 Å². The molecular formula is C21H34ClNO2. The normalized spacial score (nSPS) is 10.6. The van der Waals surface area contributed by atoms with E-state index in [-0.39, 0.29) is 18.4 Å². The molecule has 0 aliphatic rings. The van der Waals surface area contributed by atoms with Crippen molar-refractivity contribution in [2.75, 3.05) is 13.2 Å². The van der Waals surface area contributed by atoms with Gasteiger partial charge in [-0.05, 0) is 31.0 Å². The molecule has 0 atom stereocenters. The van der Waals surface area contributed by atoms with Crippen LogP contribution >= 0.6 is 12.4 Å². The molecule has 142 valence electrons. The fraction of sp³-hybridized carbons (Fsp3) is 0.571. The lowest BCUT2D eigenvalue weighted by molar-refractivity contribution is -0.137. The number of unbranched alkanes of at least 4 members (excludes halogenated alkanes) is 9. The van der Waals surface area contributed by atoms with Crippen molar-refractivity contribution in [3.63, 3.8) is 0 Å². The molecule has 0 fully saturated rings. The molecule has 1 aromatic rings. The predicted molar refractivity (Wildman–Crippen MR) is 109 cm³/mol. The maximum absolute atomic E-state index is 11.6. The fourth-order valence-electron chi connectivity index (χ4n) is 2.61. The van der Waals surface area contributed by atoms with Crippen LogP contribution < -0.4 is 5.73 Å². The Bertz CT molecular complexity index is 448. The molecule has 0 aliphatic carbocycles. The number of esters is 1. The van der Waals surface area contributed by atoms with E-state index in [4.69, 9.17) is 10.5 Å². The van der Waals surface area contributed by atoms with E-state index < -0.39 is 0 Å². The number of hydrogen-bond donors (Lipinski definition) is 1. The molecule has 0 radical (unpaired) electrons. The third-order valence-electron chi connectivity index (χ3n) is 4.05. The minimum atomic E-state index is -0.253. The molecule has 3 nitrogen and oxygen atoms in total. The van der Waals surface area contributed by atoms with Gasteiger partial charge in [0.25, 0.3) is 0 Å². The third kappa shape index (κ3) is 14.7. The molecule has 25 heavy (non-hydrogen) atoms. The number of benzene rings is 1. The molecule has 0 aliphatic heterocycles. The summed E-state index contributed by atoms with van der Waals surface area (Å²) in [7, 11) is 0. The van der Waals surface area contributed by atoms with Crippen molar-refractivity contribution in [1.29, 1.82) is 0 Å². The van der Waals surface area contributed by atoms with Gasteiger partial charge in [-0.1, -0.05) is 81.7 Å². The highest BCUT2D eigenvalue weighted by atomic mass is 35.5. The highest BCUT2D eigenvalue weighted by molar-refractivity contribution is 5.87. The van der Waals surface area contributed by atoms with Gasteiger partial charge in [0.2, 0.25) is 0 Å². The van der Waals surface area contributed by atoms with Crippen LogP contribution in [0.25, 0.3) is 6.08 Å². The summed E-state index contributed by atoms with van der Waals surface area (Å²) < 4.78 is 5.21. The summed E-state index contributed by atoms with van der Waals surface area (Å²) in [6, 6.07) is 9.78. The summed E-state index contributed by atoms with van der Waals surface area (Å²) in [5.41, 5.74) is 6.49. The standard InChI is InChI=1S/C21H33NO2.ClH/c22-18-12-7-5-3-1-2-4-6-8-13-19-24-21(23)17-16-20-14-10-9-11-15-20;/h9-11,14-17H,1-8,12-13,18-19,22H2;1H. The molecule has 2 N–H and O–H groups in total. The van der Waals surface area contributed by atoms with Gasteiger partial charge in [0.05, 0.1) is 6.61 Å². The zero-order chi connectivity index (χ0) is 17.3. The number of nitrogens with two attached hydrogens (primary N) is 1. The molecular weight excluding hydrogens is 334 g/mol. The monoisotopic (exact) mass is 367 g/mol. The lowest BCUT2D eigenvalue weighted by Gasteiger charge is -2.03. The van der Waals surface area contributed by atoms with Gasteiger partial charge in [-0.25, -0.2) is 4.79 Å². The molecule has 0 saturated heterocycles. The second-order valence-corrected chi connectivity index (χ2v) is 6.24. The lowest BCUT2D eigenvalue weighted by Crippen LogP contribution is -2.02. The van der Waals surface area contributed by atoms with Crippen molar-refractivity contribution >= 4 is 24.5 Å². The highest BCUT2D eigenvalue weighted by Gasteiger charge is 1.97. The Morgan fingerprint density at radius 2 is 1.36 bits per heavy atom. The van der Waals surface area contributed by atoms with E-state index in [2.05, 4.69) is 0 Å². The van der Waals surface area contributed by atoms with E-state index in [1.165, 1.54) is 57.4 Å². The van der Waals surface area contributed by atoms with Crippen LogP contribution in [0.4, 0.5) is 0 Å². The maximum atomic E-state index is 11.6. The largest absolute Gasteiger partial charge is 0.463 e. The van der Waals surface area contributed by atoms with Gasteiger partial charge in [0.15, 0.2) is 0 Å². The second-order valence-electron chi connectivity index (χ2n) is 6.24. The number of carbonyl (C=O) groups excluding carboxylic acids is 1. The average molecular weight is 368 g/mol. The summed E-state index contributed by atoms with van der Waals surface area (Å²) >= 11 is 0. The highest BCUT2D eigenvalue weighted by Crippen LogP contribution is 2.10. The van der Waals surface area contributed by atoms with Crippen LogP contribution in [0.15, 0.2) is 36.4 Å². The first kappa shape index (κ1) is 23.7. The summed E-state index contributed by atoms with van der Waals surface area (Å²) in [5.74, 6) is -0.253. The molecule has 4 heteroatoms. The van der Waals surface area contributed by atoms with E-state index >= 15 is 0 Å². The van der Waals surface area contributed by atoms with Crippen LogP contribution in [-0.2, 0) is 9.53 Å². The van der Waals surface area contributed by atoms with Gasteiger partial charge >= 0.3 is 5.97 Å². The Balaban J connectivity index is 0.00000576. The summed E-state index contributed by atoms with van der Waals surface area (Å²) in [6.45, 7) is 1.35. The Morgan fingerprint density at radius 3 is 1.92 bits per heavy atom. The predicted octanol–water partition coefficient (Wildman–Crippen LogP) is 5.52. The molecule has 0 unspecified atom stereocenters. The first-order chi connectivity index (χ1) is 11.8. The molecule has 0 bridgehead atoms. The van der Waals surface area contributed by atoms with Crippen LogP contribution in [-0.4, -0.2) is 19.1 Å². The number of halogens is 1. The van der Waals surface area contributed by atoms with Gasteiger partial charge in [-0.15, -0.1) is 12.4 Å². The maximum Gasteiger partial charge on any atom is 0.330 e. The molecule has 0 spiro atoms. The third-order valence-corrected chi connectivity index (χ3v) is 4.05. The van der Waals surface area contributed by atoms with Crippen LogP contribution in [0.3, 0.4) is 0 Å². The van der Waals surface area contributed by atoms with Gasteiger partial charge in [0, 0.05) is 6.08 Å². The number of hydrogen-bond acceptors (Lipinski definition) is 3. The van der Waals surface area contributed by atoms with Crippen molar-refractivity contribution in [2.24, 2.45) is 5.73 Å². The summed E-state index contributed by atoms with van der Waals surface area (Å²) in [4.78, 5) is 11.6. The molecule has 1 aromatic carbocycles.